The van der Waals surface area contributed by atoms with Crippen LogP contribution in [0.1, 0.15) is 24.0 Å². The van der Waals surface area contributed by atoms with E-state index in [4.69, 9.17) is 28.9 Å². The molecule has 6 nitrogen and oxygen atoms in total. The number of carbonyl (C=O) groups excluding carboxylic acids is 1. The Labute approximate surface area is 275 Å². The molecule has 10 heteroatoms. The van der Waals surface area contributed by atoms with Gasteiger partial charge in [0.2, 0.25) is 5.91 Å². The number of aromatic hydroxyl groups is 1. The van der Waals surface area contributed by atoms with E-state index in [-0.39, 0.29) is 30.0 Å². The molecule has 2 aliphatic rings. The van der Waals surface area contributed by atoms with Gasteiger partial charge in [-0.25, -0.2) is 0 Å². The minimum Gasteiger partial charge on any atom is -0.508 e. The van der Waals surface area contributed by atoms with Crippen LogP contribution in [-0.2, 0) is 17.8 Å². The summed E-state index contributed by atoms with van der Waals surface area (Å²) >= 11 is 14.3. The van der Waals surface area contributed by atoms with Crippen LogP contribution in [0.4, 0.5) is 0 Å². The van der Waals surface area contributed by atoms with Crippen molar-refractivity contribution in [2.75, 3.05) is 52.1 Å². The number of benzene rings is 3. The summed E-state index contributed by atoms with van der Waals surface area (Å²) in [6, 6.07) is 19.1. The van der Waals surface area contributed by atoms with Crippen molar-refractivity contribution >= 4 is 53.3 Å². The number of phenolic OH excluding ortho intramolecular Hbond substituents is 1. The number of carbonyl (C=O) groups is 1. The number of piperidine rings is 1. The second kappa shape index (κ2) is 15.8. The zero-order chi connectivity index (χ0) is 29.6. The molecule has 2 heterocycles. The molecule has 3 aromatic rings. The standard InChI is InChI=1S/C33H40Cl2N4O2S.ClH/c1-42-31-5-3-2-4-25(31)22-38-14-16-39(17-15-38)33(41)32(36)23-8-11-37(12-9-23)13-10-24-18-27(34)6-7-30(24)26-19-28(35)21-29(40)20-26;/h2-7,18-21,23,32,40H,8-17,22,36H2,1H3;1H/t32-;/m1./s1. The molecule has 5 rings (SSSR count). The highest BCUT2D eigenvalue weighted by Gasteiger charge is 2.32. The van der Waals surface area contributed by atoms with E-state index in [9.17, 15) is 9.90 Å². The number of thioether (sulfide) groups is 1. The molecule has 0 bridgehead atoms. The van der Waals surface area contributed by atoms with Crippen molar-refractivity contribution in [1.82, 2.24) is 14.7 Å². The molecule has 3 aromatic carbocycles. The van der Waals surface area contributed by atoms with Gasteiger partial charge in [-0.15, -0.1) is 24.2 Å². The molecule has 0 saturated carbocycles. The van der Waals surface area contributed by atoms with E-state index in [0.717, 1.165) is 88.3 Å². The summed E-state index contributed by atoms with van der Waals surface area (Å²) in [5.74, 6) is 0.451. The Bertz CT molecular complexity index is 1360. The Balaban J connectivity index is 0.00000423. The molecule has 1 amide bonds. The number of likely N-dealkylation sites (tertiary alicyclic amines) is 1. The van der Waals surface area contributed by atoms with Crippen molar-refractivity contribution < 1.29 is 9.90 Å². The maximum atomic E-state index is 13.3. The highest BCUT2D eigenvalue weighted by Crippen LogP contribution is 2.32. The number of rotatable bonds is 9. The average molecular weight is 664 g/mol. The second-order valence-electron chi connectivity index (χ2n) is 11.4. The van der Waals surface area contributed by atoms with Gasteiger partial charge in [0.1, 0.15) is 5.75 Å². The van der Waals surface area contributed by atoms with Crippen LogP contribution in [0.5, 0.6) is 5.75 Å². The largest absolute Gasteiger partial charge is 0.508 e. The van der Waals surface area contributed by atoms with Crippen molar-refractivity contribution in [3.8, 4) is 16.9 Å². The van der Waals surface area contributed by atoms with E-state index >= 15 is 0 Å². The molecular weight excluding hydrogens is 623 g/mol. The minimum absolute atomic E-state index is 0. The van der Waals surface area contributed by atoms with Gasteiger partial charge in [-0.3, -0.25) is 9.69 Å². The molecule has 2 saturated heterocycles. The van der Waals surface area contributed by atoms with Gasteiger partial charge in [-0.2, -0.15) is 0 Å². The third kappa shape index (κ3) is 8.82. The van der Waals surface area contributed by atoms with Gasteiger partial charge in [-0.05, 0) is 103 Å². The summed E-state index contributed by atoms with van der Waals surface area (Å²) in [7, 11) is 0. The topological polar surface area (TPSA) is 73.0 Å². The molecule has 2 fully saturated rings. The summed E-state index contributed by atoms with van der Waals surface area (Å²) in [4.78, 5) is 21.5. The van der Waals surface area contributed by atoms with E-state index in [1.54, 1.807) is 17.8 Å². The molecule has 0 spiro atoms. The van der Waals surface area contributed by atoms with Gasteiger partial charge in [0.15, 0.2) is 0 Å². The monoisotopic (exact) mass is 662 g/mol. The van der Waals surface area contributed by atoms with Crippen LogP contribution >= 0.6 is 47.4 Å². The van der Waals surface area contributed by atoms with Gasteiger partial charge in [-0.1, -0.05) is 47.5 Å². The normalized spacial score (nSPS) is 17.4. The summed E-state index contributed by atoms with van der Waals surface area (Å²) in [5, 5.41) is 11.2. The first-order valence-corrected chi connectivity index (χ1v) is 16.7. The first-order chi connectivity index (χ1) is 20.3. The van der Waals surface area contributed by atoms with Crippen molar-refractivity contribution in [3.05, 3.63) is 81.8 Å². The number of piperazine rings is 1. The average Bonchev–Trinajstić information content (AvgIpc) is 3.00. The van der Waals surface area contributed by atoms with E-state index in [1.807, 2.05) is 29.2 Å². The molecule has 43 heavy (non-hydrogen) atoms. The van der Waals surface area contributed by atoms with E-state index < -0.39 is 6.04 Å². The van der Waals surface area contributed by atoms with Gasteiger partial charge >= 0.3 is 0 Å². The van der Waals surface area contributed by atoms with E-state index in [2.05, 4.69) is 40.3 Å². The summed E-state index contributed by atoms with van der Waals surface area (Å²) < 4.78 is 0. The Morgan fingerprint density at radius 3 is 2.35 bits per heavy atom. The van der Waals surface area contributed by atoms with Crippen LogP contribution in [0.2, 0.25) is 10.0 Å². The highest BCUT2D eigenvalue weighted by atomic mass is 35.5. The quantitative estimate of drug-likeness (QED) is 0.257. The molecular formula is C33H41Cl3N4O2S. The number of amides is 1. The maximum Gasteiger partial charge on any atom is 0.239 e. The number of hydrogen-bond donors (Lipinski definition) is 2. The summed E-state index contributed by atoms with van der Waals surface area (Å²) in [6.45, 7) is 6.86. The predicted molar refractivity (Wildman–Crippen MR) is 182 cm³/mol. The minimum atomic E-state index is -0.439. The fraction of sp³-hybridized carbons (Fsp3) is 0.424. The van der Waals surface area contributed by atoms with Crippen molar-refractivity contribution in [2.24, 2.45) is 11.7 Å². The Morgan fingerprint density at radius 2 is 1.65 bits per heavy atom. The Morgan fingerprint density at radius 1 is 0.930 bits per heavy atom. The lowest BCUT2D eigenvalue weighted by Crippen LogP contribution is -2.55. The van der Waals surface area contributed by atoms with Crippen molar-refractivity contribution in [3.63, 3.8) is 0 Å². The van der Waals surface area contributed by atoms with Gasteiger partial charge < -0.3 is 20.6 Å². The van der Waals surface area contributed by atoms with Crippen LogP contribution in [-0.4, -0.2) is 83.8 Å². The summed E-state index contributed by atoms with van der Waals surface area (Å²) in [5.41, 5.74) is 10.9. The number of phenols is 1. The molecule has 1 atom stereocenters. The molecule has 2 aliphatic heterocycles. The zero-order valence-corrected chi connectivity index (χ0v) is 27.7. The SMILES string of the molecule is CSc1ccccc1CN1CCN(C(=O)[C@H](N)C2CCN(CCc3cc(Cl)ccc3-c3cc(O)cc(Cl)c3)CC2)CC1.Cl. The molecule has 0 unspecified atom stereocenters. The first kappa shape index (κ1) is 33.9. The second-order valence-corrected chi connectivity index (χ2v) is 13.1. The molecule has 232 valence electrons. The predicted octanol–water partition coefficient (Wildman–Crippen LogP) is 6.44. The highest BCUT2D eigenvalue weighted by molar-refractivity contribution is 7.98. The van der Waals surface area contributed by atoms with Gasteiger partial charge in [0, 0.05) is 54.2 Å². The summed E-state index contributed by atoms with van der Waals surface area (Å²) in [6.07, 6.45) is 4.78. The Kier molecular flexibility index (Phi) is 12.5. The number of nitrogens with zero attached hydrogens (tertiary/aromatic N) is 3. The van der Waals surface area contributed by atoms with Crippen molar-refractivity contribution in [2.45, 2.75) is 36.7 Å². The lowest BCUT2D eigenvalue weighted by atomic mass is 9.88. The maximum absolute atomic E-state index is 13.3. The van der Waals surface area contributed by atoms with Crippen LogP contribution in [0.25, 0.3) is 11.1 Å². The third-order valence-corrected chi connectivity index (χ3v) is 9.95. The fourth-order valence-corrected chi connectivity index (χ4v) is 7.24. The zero-order valence-electron chi connectivity index (χ0n) is 24.6. The third-order valence-electron chi connectivity index (χ3n) is 8.65. The smallest absolute Gasteiger partial charge is 0.239 e. The number of halogens is 3. The van der Waals surface area contributed by atoms with Crippen LogP contribution in [0.3, 0.4) is 0 Å². The van der Waals surface area contributed by atoms with Crippen molar-refractivity contribution in [1.29, 1.82) is 0 Å². The molecule has 3 N–H and O–H groups in total. The lowest BCUT2D eigenvalue weighted by molar-refractivity contribution is -0.136. The van der Waals surface area contributed by atoms with Crippen LogP contribution in [0.15, 0.2) is 65.6 Å². The van der Waals surface area contributed by atoms with Gasteiger partial charge in [0.05, 0.1) is 6.04 Å². The molecule has 0 aromatic heterocycles. The fourth-order valence-electron chi connectivity index (χ4n) is 6.21. The first-order valence-electron chi connectivity index (χ1n) is 14.7. The van der Waals surface area contributed by atoms with Gasteiger partial charge in [0.25, 0.3) is 0 Å². The number of hydrogen-bond acceptors (Lipinski definition) is 6. The molecule has 0 radical (unpaired) electrons. The lowest BCUT2D eigenvalue weighted by Gasteiger charge is -2.39. The van der Waals surface area contributed by atoms with Crippen LogP contribution < -0.4 is 5.73 Å². The van der Waals surface area contributed by atoms with E-state index in [0.29, 0.717) is 10.0 Å². The van der Waals surface area contributed by atoms with Crippen LogP contribution in [0, 0.1) is 5.92 Å². The van der Waals surface area contributed by atoms with E-state index in [1.165, 1.54) is 16.5 Å². The molecule has 0 aliphatic carbocycles. The Hall–Kier alpha value is -1.97. The number of nitrogens with two attached hydrogens (primary N) is 1.